The summed E-state index contributed by atoms with van der Waals surface area (Å²) in [7, 11) is 0. The van der Waals surface area contributed by atoms with E-state index in [2.05, 4.69) is 0 Å². The van der Waals surface area contributed by atoms with E-state index in [1.165, 1.54) is 0 Å². The van der Waals surface area contributed by atoms with Crippen LogP contribution in [0, 0.1) is 11.3 Å². The van der Waals surface area contributed by atoms with Gasteiger partial charge >= 0.3 is 11.9 Å². The molecule has 0 radical (unpaired) electrons. The number of esters is 1. The van der Waals surface area contributed by atoms with Crippen molar-refractivity contribution in [1.29, 1.82) is 0 Å². The number of carboxylic acid groups (broad SMARTS) is 1. The SMILES string of the molecule is CCOC(=O)C(CCCc1ccccc1)(C(=O)O)C(C)C. The van der Waals surface area contributed by atoms with Gasteiger partial charge in [-0.25, -0.2) is 0 Å². The van der Waals surface area contributed by atoms with Gasteiger partial charge in [0.2, 0.25) is 0 Å². The summed E-state index contributed by atoms with van der Waals surface area (Å²) in [5, 5.41) is 9.59. The van der Waals surface area contributed by atoms with Crippen molar-refractivity contribution >= 4 is 11.9 Å². The van der Waals surface area contributed by atoms with Crippen LogP contribution in [0.15, 0.2) is 30.3 Å². The van der Waals surface area contributed by atoms with E-state index in [1.54, 1.807) is 20.8 Å². The monoisotopic (exact) mass is 292 g/mol. The van der Waals surface area contributed by atoms with Crippen LogP contribution in [-0.2, 0) is 20.7 Å². The Bertz CT molecular complexity index is 467. The molecule has 0 saturated carbocycles. The Kier molecular flexibility index (Phi) is 6.40. The van der Waals surface area contributed by atoms with E-state index >= 15 is 0 Å². The number of aryl methyl sites for hydroxylation is 1. The molecule has 4 nitrogen and oxygen atoms in total. The van der Waals surface area contributed by atoms with E-state index in [0.29, 0.717) is 6.42 Å². The largest absolute Gasteiger partial charge is 0.480 e. The fourth-order valence-electron chi connectivity index (χ4n) is 2.54. The second-order valence-corrected chi connectivity index (χ2v) is 5.49. The molecule has 0 aliphatic carbocycles. The van der Waals surface area contributed by atoms with Crippen molar-refractivity contribution in [3.8, 4) is 0 Å². The summed E-state index contributed by atoms with van der Waals surface area (Å²) < 4.78 is 5.01. The Hall–Kier alpha value is -1.84. The van der Waals surface area contributed by atoms with Gasteiger partial charge in [0.25, 0.3) is 0 Å². The van der Waals surface area contributed by atoms with Crippen LogP contribution in [0.3, 0.4) is 0 Å². The molecule has 0 aromatic heterocycles. The van der Waals surface area contributed by atoms with E-state index in [0.717, 1.165) is 12.0 Å². The van der Waals surface area contributed by atoms with Crippen LogP contribution < -0.4 is 0 Å². The summed E-state index contributed by atoms with van der Waals surface area (Å²) in [5.74, 6) is -2.03. The quantitative estimate of drug-likeness (QED) is 0.590. The van der Waals surface area contributed by atoms with Crippen LogP contribution >= 0.6 is 0 Å². The highest BCUT2D eigenvalue weighted by Crippen LogP contribution is 2.35. The minimum Gasteiger partial charge on any atom is -0.480 e. The molecule has 0 amide bonds. The molecule has 1 aromatic rings. The maximum Gasteiger partial charge on any atom is 0.323 e. The fraction of sp³-hybridized carbons (Fsp3) is 0.529. The van der Waals surface area contributed by atoms with Gasteiger partial charge in [0.15, 0.2) is 5.41 Å². The van der Waals surface area contributed by atoms with E-state index in [9.17, 15) is 14.7 Å². The van der Waals surface area contributed by atoms with Gasteiger partial charge in [0.05, 0.1) is 6.61 Å². The molecule has 0 aliphatic heterocycles. The van der Waals surface area contributed by atoms with Gasteiger partial charge in [-0.1, -0.05) is 44.2 Å². The molecule has 1 atom stereocenters. The van der Waals surface area contributed by atoms with E-state index in [4.69, 9.17) is 4.74 Å². The van der Waals surface area contributed by atoms with Crippen LogP contribution in [0.1, 0.15) is 39.2 Å². The first-order chi connectivity index (χ1) is 9.95. The lowest BCUT2D eigenvalue weighted by molar-refractivity contribution is -0.173. The third kappa shape index (κ3) is 4.06. The van der Waals surface area contributed by atoms with Crippen molar-refractivity contribution < 1.29 is 19.4 Å². The molecule has 1 unspecified atom stereocenters. The molecule has 0 bridgehead atoms. The minimum absolute atomic E-state index is 0.194. The van der Waals surface area contributed by atoms with E-state index in [-0.39, 0.29) is 18.9 Å². The van der Waals surface area contributed by atoms with Gasteiger partial charge in [-0.05, 0) is 37.7 Å². The first-order valence-corrected chi connectivity index (χ1v) is 7.39. The standard InChI is InChI=1S/C17H24O4/c1-4-21-16(20)17(13(2)3,15(18)19)12-8-11-14-9-6-5-7-10-14/h5-7,9-10,13H,4,8,11-12H2,1-3H3,(H,18,19). The minimum atomic E-state index is -1.45. The first kappa shape index (κ1) is 17.2. The number of carboxylic acids is 1. The topological polar surface area (TPSA) is 63.6 Å². The predicted octanol–water partition coefficient (Wildman–Crippen LogP) is 3.30. The van der Waals surface area contributed by atoms with Crippen LogP contribution in [0.2, 0.25) is 0 Å². The summed E-state index contributed by atoms with van der Waals surface area (Å²) in [5.41, 5.74) is -0.311. The number of benzene rings is 1. The van der Waals surface area contributed by atoms with E-state index < -0.39 is 17.4 Å². The van der Waals surface area contributed by atoms with Gasteiger partial charge in [0.1, 0.15) is 0 Å². The molecule has 0 saturated heterocycles. The summed E-state index contributed by atoms with van der Waals surface area (Å²) in [6, 6.07) is 9.85. The molecular formula is C17H24O4. The number of carbonyl (C=O) groups is 2. The lowest BCUT2D eigenvalue weighted by atomic mass is 9.73. The molecule has 4 heteroatoms. The average molecular weight is 292 g/mol. The second-order valence-electron chi connectivity index (χ2n) is 5.49. The Morgan fingerprint density at radius 1 is 1.24 bits per heavy atom. The van der Waals surface area contributed by atoms with Gasteiger partial charge in [-0.15, -0.1) is 0 Å². The molecule has 1 aromatic carbocycles. The van der Waals surface area contributed by atoms with Crippen LogP contribution in [0.25, 0.3) is 0 Å². The van der Waals surface area contributed by atoms with Gasteiger partial charge in [-0.3, -0.25) is 9.59 Å². The maximum absolute atomic E-state index is 12.2. The van der Waals surface area contributed by atoms with E-state index in [1.807, 2.05) is 30.3 Å². The Labute approximate surface area is 126 Å². The van der Waals surface area contributed by atoms with Gasteiger partial charge in [0, 0.05) is 0 Å². The highest BCUT2D eigenvalue weighted by atomic mass is 16.5. The number of aliphatic carboxylic acids is 1. The van der Waals surface area contributed by atoms with Crippen LogP contribution in [0.5, 0.6) is 0 Å². The fourth-order valence-corrected chi connectivity index (χ4v) is 2.54. The number of hydrogen-bond donors (Lipinski definition) is 1. The Balaban J connectivity index is 2.82. The average Bonchev–Trinajstić information content (AvgIpc) is 2.44. The molecule has 1 N–H and O–H groups in total. The summed E-state index contributed by atoms with van der Waals surface area (Å²) >= 11 is 0. The van der Waals surface area contributed by atoms with Crippen molar-refractivity contribution in [2.45, 2.75) is 40.0 Å². The lowest BCUT2D eigenvalue weighted by Crippen LogP contribution is -2.45. The zero-order chi connectivity index (χ0) is 15.9. The molecular weight excluding hydrogens is 268 g/mol. The van der Waals surface area contributed by atoms with Crippen LogP contribution in [0.4, 0.5) is 0 Å². The number of ether oxygens (including phenoxy) is 1. The summed E-state index contributed by atoms with van der Waals surface area (Å²) in [6.07, 6.45) is 1.67. The first-order valence-electron chi connectivity index (χ1n) is 7.39. The third-order valence-corrected chi connectivity index (χ3v) is 3.89. The number of hydrogen-bond acceptors (Lipinski definition) is 3. The van der Waals surface area contributed by atoms with Gasteiger partial charge < -0.3 is 9.84 Å². The molecule has 0 fully saturated rings. The number of rotatable bonds is 8. The Morgan fingerprint density at radius 2 is 1.86 bits per heavy atom. The zero-order valence-corrected chi connectivity index (χ0v) is 13.0. The molecule has 116 valence electrons. The smallest absolute Gasteiger partial charge is 0.323 e. The van der Waals surface area contributed by atoms with Crippen molar-refractivity contribution in [2.75, 3.05) is 6.61 Å². The highest BCUT2D eigenvalue weighted by Gasteiger charge is 2.49. The number of carbonyl (C=O) groups excluding carboxylic acids is 1. The summed E-state index contributed by atoms with van der Waals surface area (Å²) in [6.45, 7) is 5.40. The zero-order valence-electron chi connectivity index (χ0n) is 13.0. The van der Waals surface area contributed by atoms with Crippen molar-refractivity contribution in [3.05, 3.63) is 35.9 Å². The molecule has 21 heavy (non-hydrogen) atoms. The van der Waals surface area contributed by atoms with Crippen molar-refractivity contribution in [3.63, 3.8) is 0 Å². The second kappa shape index (κ2) is 7.81. The van der Waals surface area contributed by atoms with Crippen molar-refractivity contribution in [2.24, 2.45) is 11.3 Å². The molecule has 1 rings (SSSR count). The van der Waals surface area contributed by atoms with Crippen molar-refractivity contribution in [1.82, 2.24) is 0 Å². The highest BCUT2D eigenvalue weighted by molar-refractivity contribution is 5.99. The van der Waals surface area contributed by atoms with Gasteiger partial charge in [-0.2, -0.15) is 0 Å². The normalized spacial score (nSPS) is 13.7. The Morgan fingerprint density at radius 3 is 2.33 bits per heavy atom. The lowest BCUT2D eigenvalue weighted by Gasteiger charge is -2.30. The third-order valence-electron chi connectivity index (χ3n) is 3.89. The summed E-state index contributed by atoms with van der Waals surface area (Å²) in [4.78, 5) is 23.9. The molecule has 0 heterocycles. The maximum atomic E-state index is 12.2. The predicted molar refractivity (Wildman–Crippen MR) is 80.9 cm³/mol. The van der Waals surface area contributed by atoms with Crippen LogP contribution in [-0.4, -0.2) is 23.7 Å². The molecule has 0 spiro atoms. The molecule has 0 aliphatic rings.